The molecule has 0 fully saturated rings. The molecule has 114 valence electrons. The lowest BCUT2D eigenvalue weighted by molar-refractivity contribution is 0.646. The Hall–Kier alpha value is -1.17. The molecule has 0 aromatic carbocycles. The summed E-state index contributed by atoms with van der Waals surface area (Å²) in [7, 11) is 0. The number of aromatic nitrogens is 2. The molecule has 2 N–H and O–H groups in total. The van der Waals surface area contributed by atoms with Gasteiger partial charge in [-0.2, -0.15) is 11.8 Å². The monoisotopic (exact) mass is 297 g/mol. The van der Waals surface area contributed by atoms with Gasteiger partial charge in [-0.25, -0.2) is 4.98 Å². The fourth-order valence-corrected chi connectivity index (χ4v) is 2.28. The number of hydrogen-bond donors (Lipinski definition) is 2. The van der Waals surface area contributed by atoms with E-state index in [4.69, 9.17) is 0 Å². The van der Waals surface area contributed by atoms with Gasteiger partial charge in [-0.1, -0.05) is 0 Å². The number of aliphatic imine (C=N–C) groups is 1. The van der Waals surface area contributed by atoms with Gasteiger partial charge in [0.25, 0.3) is 0 Å². The van der Waals surface area contributed by atoms with Crippen molar-refractivity contribution >= 4 is 17.7 Å². The average Bonchev–Trinajstić information content (AvgIpc) is 2.96. The molecule has 0 unspecified atom stereocenters. The lowest BCUT2D eigenvalue weighted by atomic mass is 10.3. The third-order valence-corrected chi connectivity index (χ3v) is 3.51. The van der Waals surface area contributed by atoms with Crippen molar-refractivity contribution in [2.75, 3.05) is 31.6 Å². The molecule has 0 atom stereocenters. The summed E-state index contributed by atoms with van der Waals surface area (Å²) in [5.41, 5.74) is 0. The molecule has 20 heavy (non-hydrogen) atoms. The van der Waals surface area contributed by atoms with Crippen molar-refractivity contribution in [2.24, 2.45) is 4.99 Å². The number of unbranched alkanes of at least 4 members (excludes halogenated alkanes) is 1. The van der Waals surface area contributed by atoms with Crippen molar-refractivity contribution in [2.45, 2.75) is 32.7 Å². The smallest absolute Gasteiger partial charge is 0.191 e. The van der Waals surface area contributed by atoms with Crippen LogP contribution in [-0.4, -0.2) is 47.2 Å². The first kappa shape index (κ1) is 16.9. The second kappa shape index (κ2) is 11.6. The maximum Gasteiger partial charge on any atom is 0.191 e. The molecule has 5 nitrogen and oxygen atoms in total. The van der Waals surface area contributed by atoms with Gasteiger partial charge in [-0.15, -0.1) is 0 Å². The Kier molecular flexibility index (Phi) is 9.83. The third kappa shape index (κ3) is 8.09. The van der Waals surface area contributed by atoms with Crippen LogP contribution in [0.1, 0.15) is 26.2 Å². The normalized spacial score (nSPS) is 11.6. The Morgan fingerprint density at radius 1 is 1.30 bits per heavy atom. The fourth-order valence-electron chi connectivity index (χ4n) is 1.78. The second-order valence-corrected chi connectivity index (χ2v) is 5.53. The highest BCUT2D eigenvalue weighted by Crippen LogP contribution is 1.97. The van der Waals surface area contributed by atoms with Crippen LogP contribution in [-0.2, 0) is 6.54 Å². The van der Waals surface area contributed by atoms with E-state index >= 15 is 0 Å². The summed E-state index contributed by atoms with van der Waals surface area (Å²) in [5.74, 6) is 2.17. The highest BCUT2D eigenvalue weighted by Gasteiger charge is 1.96. The summed E-state index contributed by atoms with van der Waals surface area (Å²) in [6.07, 6.45) is 11.3. The van der Waals surface area contributed by atoms with Crippen molar-refractivity contribution < 1.29 is 0 Å². The van der Waals surface area contributed by atoms with E-state index in [-0.39, 0.29) is 0 Å². The number of imidazole rings is 1. The Morgan fingerprint density at radius 2 is 2.20 bits per heavy atom. The van der Waals surface area contributed by atoms with Gasteiger partial charge in [-0.05, 0) is 38.2 Å². The minimum Gasteiger partial charge on any atom is -0.357 e. The average molecular weight is 297 g/mol. The Balaban J connectivity index is 2.16. The largest absolute Gasteiger partial charge is 0.357 e. The van der Waals surface area contributed by atoms with E-state index in [9.17, 15) is 0 Å². The summed E-state index contributed by atoms with van der Waals surface area (Å²) >= 11 is 1.91. The summed E-state index contributed by atoms with van der Waals surface area (Å²) in [6.45, 7) is 5.79. The first-order valence-corrected chi connectivity index (χ1v) is 8.73. The minimum absolute atomic E-state index is 0.832. The van der Waals surface area contributed by atoms with E-state index in [1.165, 1.54) is 18.6 Å². The number of aryl methyl sites for hydroxylation is 1. The molecule has 0 aliphatic carbocycles. The van der Waals surface area contributed by atoms with E-state index < -0.39 is 0 Å². The van der Waals surface area contributed by atoms with Gasteiger partial charge < -0.3 is 15.2 Å². The lowest BCUT2D eigenvalue weighted by Crippen LogP contribution is -2.37. The molecule has 0 radical (unpaired) electrons. The molecule has 6 heteroatoms. The van der Waals surface area contributed by atoms with Gasteiger partial charge >= 0.3 is 0 Å². The molecule has 1 aromatic heterocycles. The molecule has 0 aliphatic heterocycles. The molecule has 0 saturated carbocycles. The molecular weight excluding hydrogens is 270 g/mol. The summed E-state index contributed by atoms with van der Waals surface area (Å²) < 4.78 is 2.08. The predicted octanol–water partition coefficient (Wildman–Crippen LogP) is 1.97. The number of rotatable bonds is 10. The fraction of sp³-hybridized carbons (Fsp3) is 0.714. The van der Waals surface area contributed by atoms with Crippen molar-refractivity contribution in [3.05, 3.63) is 18.7 Å². The highest BCUT2D eigenvalue weighted by molar-refractivity contribution is 7.98. The summed E-state index contributed by atoms with van der Waals surface area (Å²) in [5, 5.41) is 6.67. The number of hydrogen-bond acceptors (Lipinski definition) is 3. The zero-order valence-corrected chi connectivity index (χ0v) is 13.5. The van der Waals surface area contributed by atoms with Gasteiger partial charge in [0.05, 0.1) is 6.33 Å². The number of thioether (sulfide) groups is 1. The maximum absolute atomic E-state index is 4.59. The van der Waals surface area contributed by atoms with E-state index in [0.29, 0.717) is 0 Å². The van der Waals surface area contributed by atoms with Crippen LogP contribution in [0.2, 0.25) is 0 Å². The van der Waals surface area contributed by atoms with Crippen molar-refractivity contribution in [1.29, 1.82) is 0 Å². The predicted molar refractivity (Wildman–Crippen MR) is 88.4 cm³/mol. The molecule has 0 spiro atoms. The van der Waals surface area contributed by atoms with E-state index in [0.717, 1.165) is 38.6 Å². The van der Waals surface area contributed by atoms with Crippen LogP contribution >= 0.6 is 11.8 Å². The molecule has 0 saturated heterocycles. The number of guanidine groups is 1. The van der Waals surface area contributed by atoms with Crippen LogP contribution < -0.4 is 10.6 Å². The third-order valence-electron chi connectivity index (χ3n) is 2.82. The lowest BCUT2D eigenvalue weighted by Gasteiger charge is -2.11. The van der Waals surface area contributed by atoms with Gasteiger partial charge in [-0.3, -0.25) is 4.99 Å². The van der Waals surface area contributed by atoms with Crippen LogP contribution in [0.15, 0.2) is 23.7 Å². The summed E-state index contributed by atoms with van der Waals surface area (Å²) in [4.78, 5) is 8.62. The van der Waals surface area contributed by atoms with E-state index in [1.807, 2.05) is 30.5 Å². The van der Waals surface area contributed by atoms with E-state index in [2.05, 4.69) is 38.4 Å². The number of nitrogens with zero attached hydrogens (tertiary/aromatic N) is 3. The topological polar surface area (TPSA) is 54.2 Å². The first-order valence-electron chi connectivity index (χ1n) is 7.33. The molecule has 1 aromatic rings. The van der Waals surface area contributed by atoms with Crippen molar-refractivity contribution in [3.63, 3.8) is 0 Å². The van der Waals surface area contributed by atoms with Gasteiger partial charge in [0.15, 0.2) is 5.96 Å². The van der Waals surface area contributed by atoms with Crippen LogP contribution in [0.4, 0.5) is 0 Å². The van der Waals surface area contributed by atoms with Crippen LogP contribution in [0.5, 0.6) is 0 Å². The molecule has 0 amide bonds. The number of nitrogens with one attached hydrogen (secondary N) is 2. The van der Waals surface area contributed by atoms with E-state index in [1.54, 1.807) is 0 Å². The van der Waals surface area contributed by atoms with Gasteiger partial charge in [0.1, 0.15) is 0 Å². The van der Waals surface area contributed by atoms with Crippen LogP contribution in [0, 0.1) is 0 Å². The zero-order chi connectivity index (χ0) is 14.5. The first-order chi connectivity index (χ1) is 9.86. The molecule has 1 rings (SSSR count). The Labute approximate surface area is 126 Å². The highest BCUT2D eigenvalue weighted by atomic mass is 32.2. The Morgan fingerprint density at radius 3 is 2.90 bits per heavy atom. The standard InChI is InChI=1S/C14H27N5S/c1-3-16-14(17-7-4-5-12-20-2)18-8-6-10-19-11-9-15-13-19/h9,11,13H,3-8,10,12H2,1-2H3,(H2,16,17,18). The minimum atomic E-state index is 0.832. The second-order valence-electron chi connectivity index (χ2n) is 4.54. The molecule has 0 bridgehead atoms. The van der Waals surface area contributed by atoms with Crippen LogP contribution in [0.25, 0.3) is 0 Å². The van der Waals surface area contributed by atoms with Gasteiger partial charge in [0.2, 0.25) is 0 Å². The van der Waals surface area contributed by atoms with Crippen molar-refractivity contribution in [1.82, 2.24) is 20.2 Å². The Bertz CT molecular complexity index is 350. The SMILES string of the molecule is CCNC(=NCCCn1ccnc1)NCCCCSC. The molecule has 1 heterocycles. The summed E-state index contributed by atoms with van der Waals surface area (Å²) in [6, 6.07) is 0. The van der Waals surface area contributed by atoms with Crippen LogP contribution in [0.3, 0.4) is 0 Å². The van der Waals surface area contributed by atoms with Gasteiger partial charge in [0, 0.05) is 38.6 Å². The molecular formula is C14H27N5S. The maximum atomic E-state index is 4.59. The quantitative estimate of drug-likeness (QED) is 0.394. The van der Waals surface area contributed by atoms with Crippen molar-refractivity contribution in [3.8, 4) is 0 Å². The zero-order valence-electron chi connectivity index (χ0n) is 12.6. The molecule has 0 aliphatic rings.